The second-order valence-corrected chi connectivity index (χ2v) is 4.02. The first-order valence-electron chi connectivity index (χ1n) is 5.72. The van der Waals surface area contributed by atoms with Crippen molar-refractivity contribution in [3.63, 3.8) is 0 Å². The van der Waals surface area contributed by atoms with Gasteiger partial charge in [0.05, 0.1) is 19.8 Å². The van der Waals surface area contributed by atoms with E-state index in [1.165, 1.54) is 0 Å². The molecule has 6 heteroatoms. The monoisotopic (exact) mass is 247 g/mol. The molecule has 6 nitrogen and oxygen atoms in total. The number of benzene rings is 1. The Hall–Kier alpha value is -1.92. The molecule has 0 spiro atoms. The first kappa shape index (κ1) is 11.2. The van der Waals surface area contributed by atoms with Crippen molar-refractivity contribution in [1.82, 2.24) is 10.1 Å². The Morgan fingerprint density at radius 2 is 2.22 bits per heavy atom. The van der Waals surface area contributed by atoms with Gasteiger partial charge in [0, 0.05) is 11.3 Å². The first-order valence-corrected chi connectivity index (χ1v) is 5.72. The van der Waals surface area contributed by atoms with Gasteiger partial charge in [0.15, 0.2) is 6.10 Å². The Kier molecular flexibility index (Phi) is 2.95. The SMILES string of the molecule is Nc1cccc(-c2noc(C3COCCO3)n2)c1. The van der Waals surface area contributed by atoms with Gasteiger partial charge in [-0.25, -0.2) is 0 Å². The molecule has 0 bridgehead atoms. The van der Waals surface area contributed by atoms with Crippen molar-refractivity contribution in [2.24, 2.45) is 0 Å². The van der Waals surface area contributed by atoms with Gasteiger partial charge in [0.2, 0.25) is 5.82 Å². The maximum atomic E-state index is 5.71. The van der Waals surface area contributed by atoms with Gasteiger partial charge in [-0.15, -0.1) is 0 Å². The van der Waals surface area contributed by atoms with Crippen molar-refractivity contribution in [3.05, 3.63) is 30.2 Å². The number of aromatic nitrogens is 2. The summed E-state index contributed by atoms with van der Waals surface area (Å²) < 4.78 is 16.0. The van der Waals surface area contributed by atoms with Crippen molar-refractivity contribution >= 4 is 5.69 Å². The fourth-order valence-electron chi connectivity index (χ4n) is 1.79. The number of hydrogen-bond acceptors (Lipinski definition) is 6. The third-order valence-corrected chi connectivity index (χ3v) is 2.68. The zero-order valence-corrected chi connectivity index (χ0v) is 9.70. The molecule has 1 aromatic heterocycles. The topological polar surface area (TPSA) is 83.4 Å². The lowest BCUT2D eigenvalue weighted by molar-refractivity contribution is -0.101. The van der Waals surface area contributed by atoms with E-state index in [1.807, 2.05) is 18.2 Å². The number of anilines is 1. The van der Waals surface area contributed by atoms with Gasteiger partial charge in [0.25, 0.3) is 5.89 Å². The van der Waals surface area contributed by atoms with Crippen LogP contribution in [0.3, 0.4) is 0 Å². The fraction of sp³-hybridized carbons (Fsp3) is 0.333. The predicted molar refractivity (Wildman–Crippen MR) is 63.7 cm³/mol. The minimum absolute atomic E-state index is 0.277. The average Bonchev–Trinajstić information content (AvgIpc) is 2.89. The van der Waals surface area contributed by atoms with E-state index in [-0.39, 0.29) is 6.10 Å². The molecule has 1 fully saturated rings. The van der Waals surface area contributed by atoms with Crippen molar-refractivity contribution in [2.75, 3.05) is 25.6 Å². The van der Waals surface area contributed by atoms with Crippen LogP contribution in [0.5, 0.6) is 0 Å². The van der Waals surface area contributed by atoms with E-state index < -0.39 is 0 Å². The van der Waals surface area contributed by atoms with E-state index in [1.54, 1.807) is 6.07 Å². The first-order chi connectivity index (χ1) is 8.83. The standard InChI is InChI=1S/C12H13N3O3/c13-9-3-1-2-8(6-9)11-14-12(18-15-11)10-7-16-4-5-17-10/h1-3,6,10H,4-5,7,13H2. The number of ether oxygens (including phenoxy) is 2. The fourth-order valence-corrected chi connectivity index (χ4v) is 1.79. The van der Waals surface area contributed by atoms with Crippen LogP contribution in [0, 0.1) is 0 Å². The van der Waals surface area contributed by atoms with Gasteiger partial charge in [-0.2, -0.15) is 4.98 Å². The molecule has 1 unspecified atom stereocenters. The number of nitrogens with zero attached hydrogens (tertiary/aromatic N) is 2. The molecule has 94 valence electrons. The molecule has 0 amide bonds. The smallest absolute Gasteiger partial charge is 0.258 e. The number of nitrogens with two attached hydrogens (primary N) is 1. The molecular weight excluding hydrogens is 234 g/mol. The Labute approximate surface area is 104 Å². The summed E-state index contributed by atoms with van der Waals surface area (Å²) in [7, 11) is 0. The summed E-state index contributed by atoms with van der Waals surface area (Å²) in [4.78, 5) is 4.31. The van der Waals surface area contributed by atoms with E-state index in [4.69, 9.17) is 19.7 Å². The summed E-state index contributed by atoms with van der Waals surface area (Å²) in [5, 5.41) is 3.93. The zero-order chi connectivity index (χ0) is 12.4. The van der Waals surface area contributed by atoms with E-state index in [0.717, 1.165) is 5.56 Å². The summed E-state index contributed by atoms with van der Waals surface area (Å²) in [6, 6.07) is 7.33. The minimum atomic E-state index is -0.277. The quantitative estimate of drug-likeness (QED) is 0.808. The van der Waals surface area contributed by atoms with Crippen molar-refractivity contribution in [3.8, 4) is 11.4 Å². The number of rotatable bonds is 2. The highest BCUT2D eigenvalue weighted by molar-refractivity contribution is 5.60. The van der Waals surface area contributed by atoms with Gasteiger partial charge >= 0.3 is 0 Å². The van der Waals surface area contributed by atoms with Crippen LogP contribution in [0.15, 0.2) is 28.8 Å². The molecular formula is C12H13N3O3. The lowest BCUT2D eigenvalue weighted by Crippen LogP contribution is -2.22. The zero-order valence-electron chi connectivity index (χ0n) is 9.70. The lowest BCUT2D eigenvalue weighted by Gasteiger charge is -2.19. The Morgan fingerprint density at radius 1 is 1.28 bits per heavy atom. The molecule has 2 N–H and O–H groups in total. The Morgan fingerprint density at radius 3 is 3.00 bits per heavy atom. The minimum Gasteiger partial charge on any atom is -0.399 e. The molecule has 1 aliphatic heterocycles. The van der Waals surface area contributed by atoms with Crippen LogP contribution in [0.1, 0.15) is 12.0 Å². The highest BCUT2D eigenvalue weighted by atomic mass is 16.6. The summed E-state index contributed by atoms with van der Waals surface area (Å²) in [5.74, 6) is 0.943. The number of hydrogen-bond donors (Lipinski definition) is 1. The highest BCUT2D eigenvalue weighted by Crippen LogP contribution is 2.23. The molecule has 0 saturated carbocycles. The maximum Gasteiger partial charge on any atom is 0.258 e. The van der Waals surface area contributed by atoms with Crippen molar-refractivity contribution in [1.29, 1.82) is 0 Å². The number of nitrogen functional groups attached to an aromatic ring is 1. The van der Waals surface area contributed by atoms with Crippen LogP contribution >= 0.6 is 0 Å². The van der Waals surface area contributed by atoms with Crippen LogP contribution in [0.25, 0.3) is 11.4 Å². The van der Waals surface area contributed by atoms with Crippen LogP contribution in [-0.2, 0) is 9.47 Å². The summed E-state index contributed by atoms with van der Waals surface area (Å²) in [6.45, 7) is 1.59. The molecule has 1 aromatic carbocycles. The predicted octanol–water partition coefficient (Wildman–Crippen LogP) is 1.41. The molecule has 0 aliphatic carbocycles. The summed E-state index contributed by atoms with van der Waals surface area (Å²) in [5.41, 5.74) is 7.20. The normalized spacial score (nSPS) is 19.9. The third-order valence-electron chi connectivity index (χ3n) is 2.68. The summed E-state index contributed by atoms with van der Waals surface area (Å²) in [6.07, 6.45) is -0.277. The second-order valence-electron chi connectivity index (χ2n) is 4.02. The molecule has 1 aliphatic rings. The van der Waals surface area contributed by atoms with Crippen LogP contribution in [0.4, 0.5) is 5.69 Å². The van der Waals surface area contributed by atoms with E-state index in [9.17, 15) is 0 Å². The van der Waals surface area contributed by atoms with Gasteiger partial charge in [-0.1, -0.05) is 17.3 Å². The van der Waals surface area contributed by atoms with Crippen molar-refractivity contribution < 1.29 is 14.0 Å². The largest absolute Gasteiger partial charge is 0.399 e. The second kappa shape index (κ2) is 4.75. The molecule has 1 saturated heterocycles. The van der Waals surface area contributed by atoms with Crippen molar-refractivity contribution in [2.45, 2.75) is 6.10 Å². The van der Waals surface area contributed by atoms with Gasteiger partial charge < -0.3 is 19.7 Å². The van der Waals surface area contributed by atoms with Crippen LogP contribution in [0.2, 0.25) is 0 Å². The molecule has 0 radical (unpaired) electrons. The van der Waals surface area contributed by atoms with E-state index in [0.29, 0.717) is 37.2 Å². The van der Waals surface area contributed by atoms with Gasteiger partial charge in [-0.3, -0.25) is 0 Å². The summed E-state index contributed by atoms with van der Waals surface area (Å²) >= 11 is 0. The van der Waals surface area contributed by atoms with E-state index >= 15 is 0 Å². The lowest BCUT2D eigenvalue weighted by atomic mass is 10.2. The van der Waals surface area contributed by atoms with E-state index in [2.05, 4.69) is 10.1 Å². The molecule has 2 aromatic rings. The van der Waals surface area contributed by atoms with Crippen LogP contribution < -0.4 is 5.73 Å². The van der Waals surface area contributed by atoms with Gasteiger partial charge in [-0.05, 0) is 12.1 Å². The molecule has 18 heavy (non-hydrogen) atoms. The third kappa shape index (κ3) is 2.20. The average molecular weight is 247 g/mol. The Bertz CT molecular complexity index is 535. The molecule has 3 rings (SSSR count). The maximum absolute atomic E-state index is 5.71. The molecule has 2 heterocycles. The van der Waals surface area contributed by atoms with Crippen LogP contribution in [-0.4, -0.2) is 30.0 Å². The highest BCUT2D eigenvalue weighted by Gasteiger charge is 2.23. The van der Waals surface area contributed by atoms with Gasteiger partial charge in [0.1, 0.15) is 0 Å². The molecule has 1 atom stereocenters. The Balaban J connectivity index is 1.84.